The second-order valence-electron chi connectivity index (χ2n) is 5.90. The lowest BCUT2D eigenvalue weighted by atomic mass is 9.61. The van der Waals surface area contributed by atoms with Gasteiger partial charge in [-0.25, -0.2) is 0 Å². The molecule has 108 valence electrons. The third-order valence-electron chi connectivity index (χ3n) is 4.84. The molecular weight excluding hydrogens is 254 g/mol. The molecule has 20 heavy (non-hydrogen) atoms. The summed E-state index contributed by atoms with van der Waals surface area (Å²) in [6.45, 7) is 1.58. The van der Waals surface area contributed by atoms with Crippen LogP contribution in [0.5, 0.6) is 5.75 Å². The second-order valence-corrected chi connectivity index (χ2v) is 5.90. The van der Waals surface area contributed by atoms with E-state index in [0.717, 1.165) is 44.5 Å². The molecule has 1 N–H and O–H groups in total. The molecule has 1 amide bonds. The van der Waals surface area contributed by atoms with Gasteiger partial charge in [0.1, 0.15) is 5.75 Å². The first kappa shape index (κ1) is 13.4. The van der Waals surface area contributed by atoms with Crippen molar-refractivity contribution in [2.24, 2.45) is 5.41 Å². The number of amides is 1. The number of aliphatic hydroxyl groups excluding tert-OH is 1. The number of piperidine rings is 1. The van der Waals surface area contributed by atoms with Gasteiger partial charge in [-0.05, 0) is 43.2 Å². The zero-order chi connectivity index (χ0) is 14.0. The van der Waals surface area contributed by atoms with E-state index >= 15 is 0 Å². The molecular formula is C16H21NO3. The maximum Gasteiger partial charge on any atom is 0.260 e. The van der Waals surface area contributed by atoms with E-state index in [1.54, 1.807) is 0 Å². The highest BCUT2D eigenvalue weighted by atomic mass is 16.5. The summed E-state index contributed by atoms with van der Waals surface area (Å²) in [4.78, 5) is 14.0. The molecule has 1 aliphatic heterocycles. The normalized spacial score (nSPS) is 24.2. The van der Waals surface area contributed by atoms with Gasteiger partial charge in [0.2, 0.25) is 0 Å². The number of hydrogen-bond acceptors (Lipinski definition) is 3. The van der Waals surface area contributed by atoms with Crippen LogP contribution in [-0.4, -0.2) is 41.7 Å². The number of carbonyl (C=O) groups excluding carboxylic acids is 1. The monoisotopic (exact) mass is 275 g/mol. The zero-order valence-corrected chi connectivity index (χ0v) is 11.6. The highest BCUT2D eigenvalue weighted by Crippen LogP contribution is 2.48. The van der Waals surface area contributed by atoms with E-state index in [9.17, 15) is 9.90 Å². The van der Waals surface area contributed by atoms with Gasteiger partial charge in [0.25, 0.3) is 5.91 Å². The zero-order valence-electron chi connectivity index (χ0n) is 11.6. The van der Waals surface area contributed by atoms with Crippen LogP contribution in [-0.2, 0) is 4.79 Å². The lowest BCUT2D eigenvalue weighted by Gasteiger charge is -2.51. The number of benzene rings is 1. The minimum Gasteiger partial charge on any atom is -0.484 e. The minimum absolute atomic E-state index is 0.0394. The first-order chi connectivity index (χ1) is 9.70. The van der Waals surface area contributed by atoms with Gasteiger partial charge in [-0.2, -0.15) is 0 Å². The molecule has 2 aliphatic rings. The van der Waals surface area contributed by atoms with Crippen molar-refractivity contribution < 1.29 is 14.6 Å². The van der Waals surface area contributed by atoms with E-state index in [2.05, 4.69) is 0 Å². The first-order valence-electron chi connectivity index (χ1n) is 7.33. The Bertz CT molecular complexity index is 466. The van der Waals surface area contributed by atoms with Crippen molar-refractivity contribution in [3.63, 3.8) is 0 Å². The molecule has 1 spiro atoms. The molecule has 0 bridgehead atoms. The molecule has 1 unspecified atom stereocenters. The van der Waals surface area contributed by atoms with Gasteiger partial charge in [0, 0.05) is 13.1 Å². The third-order valence-corrected chi connectivity index (χ3v) is 4.84. The van der Waals surface area contributed by atoms with Gasteiger partial charge in [-0.15, -0.1) is 0 Å². The Kier molecular flexibility index (Phi) is 3.66. The summed E-state index contributed by atoms with van der Waals surface area (Å²) in [6.07, 6.45) is 3.72. The number of para-hydroxylation sites is 1. The van der Waals surface area contributed by atoms with Crippen LogP contribution >= 0.6 is 0 Å². The lowest BCUT2D eigenvalue weighted by Crippen LogP contribution is -2.53. The van der Waals surface area contributed by atoms with E-state index in [-0.39, 0.29) is 24.0 Å². The molecule has 4 nitrogen and oxygen atoms in total. The summed E-state index contributed by atoms with van der Waals surface area (Å²) in [6, 6.07) is 9.40. The number of nitrogens with zero attached hydrogens (tertiary/aromatic N) is 1. The Labute approximate surface area is 119 Å². The van der Waals surface area contributed by atoms with Crippen molar-refractivity contribution in [3.8, 4) is 5.75 Å². The predicted octanol–water partition coefficient (Wildman–Crippen LogP) is 1.83. The van der Waals surface area contributed by atoms with E-state index in [1.807, 2.05) is 35.2 Å². The lowest BCUT2D eigenvalue weighted by molar-refractivity contribution is -0.143. The number of likely N-dealkylation sites (tertiary alicyclic amines) is 1. The Morgan fingerprint density at radius 3 is 2.50 bits per heavy atom. The number of aliphatic hydroxyl groups is 1. The average Bonchev–Trinajstić information content (AvgIpc) is 2.52. The van der Waals surface area contributed by atoms with Crippen molar-refractivity contribution in [1.82, 2.24) is 4.90 Å². The number of hydrogen-bond donors (Lipinski definition) is 1. The summed E-state index contributed by atoms with van der Waals surface area (Å²) >= 11 is 0. The van der Waals surface area contributed by atoms with E-state index in [4.69, 9.17) is 4.74 Å². The molecule has 1 aromatic carbocycles. The summed E-state index contributed by atoms with van der Waals surface area (Å²) in [5.41, 5.74) is 0.108. The van der Waals surface area contributed by atoms with Crippen LogP contribution in [0.15, 0.2) is 30.3 Å². The van der Waals surface area contributed by atoms with Crippen LogP contribution in [0.25, 0.3) is 0 Å². The molecule has 4 heteroatoms. The van der Waals surface area contributed by atoms with Crippen LogP contribution in [0.2, 0.25) is 0 Å². The minimum atomic E-state index is -0.152. The second kappa shape index (κ2) is 5.44. The summed E-state index contributed by atoms with van der Waals surface area (Å²) in [5.74, 6) is 0.765. The molecule has 0 aromatic heterocycles. The highest BCUT2D eigenvalue weighted by molar-refractivity contribution is 5.77. The maximum atomic E-state index is 12.1. The van der Waals surface area contributed by atoms with Gasteiger partial charge in [-0.1, -0.05) is 18.2 Å². The fourth-order valence-corrected chi connectivity index (χ4v) is 3.22. The Hall–Kier alpha value is -1.55. The molecule has 1 saturated carbocycles. The molecule has 1 aromatic rings. The van der Waals surface area contributed by atoms with Crippen molar-refractivity contribution in [2.45, 2.75) is 31.8 Å². The quantitative estimate of drug-likeness (QED) is 0.915. The Morgan fingerprint density at radius 1 is 1.25 bits per heavy atom. The fraction of sp³-hybridized carbons (Fsp3) is 0.562. The first-order valence-corrected chi connectivity index (χ1v) is 7.33. The van der Waals surface area contributed by atoms with E-state index in [0.29, 0.717) is 0 Å². The SMILES string of the molecule is O=C(COc1ccccc1)N1CCC2(CCC2O)CC1. The molecule has 1 saturated heterocycles. The van der Waals surface area contributed by atoms with Crippen molar-refractivity contribution in [1.29, 1.82) is 0 Å². The van der Waals surface area contributed by atoms with Crippen molar-refractivity contribution in [2.75, 3.05) is 19.7 Å². The molecule has 3 rings (SSSR count). The molecule has 0 radical (unpaired) electrons. The van der Waals surface area contributed by atoms with E-state index < -0.39 is 0 Å². The molecule has 1 aliphatic carbocycles. The molecule has 2 fully saturated rings. The van der Waals surface area contributed by atoms with Crippen LogP contribution in [0.4, 0.5) is 0 Å². The number of ether oxygens (including phenoxy) is 1. The standard InChI is InChI=1S/C16H21NO3/c18-14-6-7-16(14)8-10-17(11-9-16)15(19)12-20-13-4-2-1-3-5-13/h1-5,14,18H,6-12H2. The molecule has 1 atom stereocenters. The third kappa shape index (κ3) is 2.52. The van der Waals surface area contributed by atoms with Gasteiger partial charge >= 0.3 is 0 Å². The largest absolute Gasteiger partial charge is 0.484 e. The highest BCUT2D eigenvalue weighted by Gasteiger charge is 2.47. The summed E-state index contributed by atoms with van der Waals surface area (Å²) in [7, 11) is 0. The van der Waals surface area contributed by atoms with E-state index in [1.165, 1.54) is 0 Å². The molecule has 1 heterocycles. The summed E-state index contributed by atoms with van der Waals surface area (Å²) in [5, 5.41) is 9.87. The number of rotatable bonds is 3. The van der Waals surface area contributed by atoms with Crippen LogP contribution in [0, 0.1) is 5.41 Å². The smallest absolute Gasteiger partial charge is 0.260 e. The Morgan fingerprint density at radius 2 is 1.95 bits per heavy atom. The van der Waals surface area contributed by atoms with Crippen molar-refractivity contribution in [3.05, 3.63) is 30.3 Å². The van der Waals surface area contributed by atoms with Crippen molar-refractivity contribution >= 4 is 5.91 Å². The van der Waals surface area contributed by atoms with Crippen LogP contribution in [0.3, 0.4) is 0 Å². The maximum absolute atomic E-state index is 12.1. The number of carbonyl (C=O) groups is 1. The van der Waals surface area contributed by atoms with Gasteiger partial charge in [0.15, 0.2) is 6.61 Å². The van der Waals surface area contributed by atoms with Gasteiger partial charge < -0.3 is 14.7 Å². The van der Waals surface area contributed by atoms with Gasteiger partial charge in [-0.3, -0.25) is 4.79 Å². The van der Waals surface area contributed by atoms with Crippen LogP contribution < -0.4 is 4.74 Å². The summed E-state index contributed by atoms with van der Waals surface area (Å²) < 4.78 is 5.49. The van der Waals surface area contributed by atoms with Gasteiger partial charge in [0.05, 0.1) is 6.10 Å². The Balaban J connectivity index is 1.47. The average molecular weight is 275 g/mol. The fourth-order valence-electron chi connectivity index (χ4n) is 3.22. The topological polar surface area (TPSA) is 49.8 Å². The van der Waals surface area contributed by atoms with Crippen LogP contribution in [0.1, 0.15) is 25.7 Å². The predicted molar refractivity (Wildman–Crippen MR) is 75.4 cm³/mol.